The highest BCUT2D eigenvalue weighted by Gasteiger charge is 2.22. The lowest BCUT2D eigenvalue weighted by atomic mass is 10.0. The maximum absolute atomic E-state index is 11.5. The van der Waals surface area contributed by atoms with Gasteiger partial charge in [-0.05, 0) is 47.4 Å². The number of nitrogens with zero attached hydrogens (tertiary/aromatic N) is 2. The SMILES string of the molecule is CC(=O)N1CCc2cc(-c3ccc(C#N)cc3)ccc21. The Hall–Kier alpha value is -2.60. The smallest absolute Gasteiger partial charge is 0.223 e. The number of benzene rings is 2. The summed E-state index contributed by atoms with van der Waals surface area (Å²) in [5, 5.41) is 8.82. The first-order chi connectivity index (χ1) is 9.69. The van der Waals surface area contributed by atoms with Gasteiger partial charge in [-0.3, -0.25) is 4.79 Å². The Morgan fingerprint density at radius 3 is 2.50 bits per heavy atom. The average Bonchev–Trinajstić information content (AvgIpc) is 2.90. The first kappa shape index (κ1) is 12.4. The van der Waals surface area contributed by atoms with Crippen LogP contribution in [0.4, 0.5) is 5.69 Å². The lowest BCUT2D eigenvalue weighted by Crippen LogP contribution is -2.25. The summed E-state index contributed by atoms with van der Waals surface area (Å²) in [6.45, 7) is 2.37. The molecule has 2 aromatic rings. The van der Waals surface area contributed by atoms with E-state index >= 15 is 0 Å². The Balaban J connectivity index is 1.97. The van der Waals surface area contributed by atoms with Crippen molar-refractivity contribution in [1.29, 1.82) is 5.26 Å². The second-order valence-electron chi connectivity index (χ2n) is 4.95. The fourth-order valence-corrected chi connectivity index (χ4v) is 2.65. The molecule has 0 spiro atoms. The maximum atomic E-state index is 11.5. The molecule has 1 heterocycles. The number of carbonyl (C=O) groups excluding carboxylic acids is 1. The van der Waals surface area contributed by atoms with Crippen LogP contribution in [0.5, 0.6) is 0 Å². The van der Waals surface area contributed by atoms with Crippen LogP contribution in [0, 0.1) is 11.3 Å². The Labute approximate surface area is 118 Å². The first-order valence-electron chi connectivity index (χ1n) is 6.60. The molecule has 0 N–H and O–H groups in total. The molecule has 3 rings (SSSR count). The molecule has 0 atom stereocenters. The van der Waals surface area contributed by atoms with Gasteiger partial charge in [0.1, 0.15) is 0 Å². The minimum Gasteiger partial charge on any atom is -0.312 e. The Kier molecular flexibility index (Phi) is 3.00. The number of fused-ring (bicyclic) bond motifs is 1. The summed E-state index contributed by atoms with van der Waals surface area (Å²) >= 11 is 0. The van der Waals surface area contributed by atoms with E-state index in [2.05, 4.69) is 12.1 Å². The number of hydrogen-bond acceptors (Lipinski definition) is 2. The van der Waals surface area contributed by atoms with Crippen LogP contribution in [0.3, 0.4) is 0 Å². The van der Waals surface area contributed by atoms with E-state index in [0.29, 0.717) is 5.56 Å². The van der Waals surface area contributed by atoms with E-state index in [0.717, 1.165) is 29.8 Å². The zero-order valence-electron chi connectivity index (χ0n) is 11.3. The summed E-state index contributed by atoms with van der Waals surface area (Å²) < 4.78 is 0. The van der Waals surface area contributed by atoms with Crippen LogP contribution < -0.4 is 4.90 Å². The molecule has 0 saturated heterocycles. The highest BCUT2D eigenvalue weighted by atomic mass is 16.2. The molecule has 0 aliphatic carbocycles. The standard InChI is InChI=1S/C17H14N2O/c1-12(20)19-9-8-16-10-15(6-7-17(16)19)14-4-2-13(11-18)3-5-14/h2-7,10H,8-9H2,1H3. The minimum atomic E-state index is 0.0925. The second-order valence-corrected chi connectivity index (χ2v) is 4.95. The van der Waals surface area contributed by atoms with E-state index < -0.39 is 0 Å². The van der Waals surface area contributed by atoms with Crippen molar-refractivity contribution in [3.63, 3.8) is 0 Å². The summed E-state index contributed by atoms with van der Waals surface area (Å²) in [5.41, 5.74) is 5.11. The molecule has 0 saturated carbocycles. The number of rotatable bonds is 1. The van der Waals surface area contributed by atoms with Crippen LogP contribution in [0.1, 0.15) is 18.1 Å². The van der Waals surface area contributed by atoms with Gasteiger partial charge in [0.25, 0.3) is 0 Å². The maximum Gasteiger partial charge on any atom is 0.223 e. The normalized spacial score (nSPS) is 12.9. The van der Waals surface area contributed by atoms with Gasteiger partial charge >= 0.3 is 0 Å². The summed E-state index contributed by atoms with van der Waals surface area (Å²) in [4.78, 5) is 13.3. The summed E-state index contributed by atoms with van der Waals surface area (Å²) in [6, 6.07) is 15.9. The molecule has 2 aromatic carbocycles. The van der Waals surface area contributed by atoms with Gasteiger partial charge in [0.15, 0.2) is 0 Å². The molecule has 3 nitrogen and oxygen atoms in total. The van der Waals surface area contributed by atoms with Crippen LogP contribution in [0.2, 0.25) is 0 Å². The lowest BCUT2D eigenvalue weighted by Gasteiger charge is -2.14. The van der Waals surface area contributed by atoms with Gasteiger partial charge in [-0.2, -0.15) is 5.26 Å². The average molecular weight is 262 g/mol. The molecule has 98 valence electrons. The molecular formula is C17H14N2O. The van der Waals surface area contributed by atoms with Crippen LogP contribution in [-0.4, -0.2) is 12.5 Å². The number of carbonyl (C=O) groups is 1. The molecular weight excluding hydrogens is 248 g/mol. The molecule has 20 heavy (non-hydrogen) atoms. The predicted molar refractivity (Wildman–Crippen MR) is 78.3 cm³/mol. The van der Waals surface area contributed by atoms with Gasteiger partial charge in [-0.1, -0.05) is 18.2 Å². The van der Waals surface area contributed by atoms with Gasteiger partial charge in [-0.25, -0.2) is 0 Å². The fraction of sp³-hybridized carbons (Fsp3) is 0.176. The van der Waals surface area contributed by atoms with Crippen molar-refractivity contribution in [2.24, 2.45) is 0 Å². The van der Waals surface area contributed by atoms with Crippen LogP contribution >= 0.6 is 0 Å². The highest BCUT2D eigenvalue weighted by molar-refractivity contribution is 5.94. The van der Waals surface area contributed by atoms with E-state index in [-0.39, 0.29) is 5.91 Å². The quantitative estimate of drug-likeness (QED) is 0.792. The monoisotopic (exact) mass is 262 g/mol. The third kappa shape index (κ3) is 2.06. The van der Waals surface area contributed by atoms with E-state index in [1.807, 2.05) is 41.3 Å². The summed E-state index contributed by atoms with van der Waals surface area (Å²) in [7, 11) is 0. The van der Waals surface area contributed by atoms with Gasteiger partial charge in [-0.15, -0.1) is 0 Å². The van der Waals surface area contributed by atoms with Crippen LogP contribution in [-0.2, 0) is 11.2 Å². The van der Waals surface area contributed by atoms with Gasteiger partial charge in [0.2, 0.25) is 5.91 Å². The molecule has 0 unspecified atom stereocenters. The minimum absolute atomic E-state index is 0.0925. The molecule has 1 aliphatic heterocycles. The number of hydrogen-bond donors (Lipinski definition) is 0. The first-order valence-corrected chi connectivity index (χ1v) is 6.60. The third-order valence-corrected chi connectivity index (χ3v) is 3.70. The molecule has 1 amide bonds. The fourth-order valence-electron chi connectivity index (χ4n) is 2.65. The van der Waals surface area contributed by atoms with Crippen molar-refractivity contribution in [1.82, 2.24) is 0 Å². The summed E-state index contributed by atoms with van der Waals surface area (Å²) in [5.74, 6) is 0.0925. The van der Waals surface area contributed by atoms with E-state index in [1.165, 1.54) is 5.56 Å². The van der Waals surface area contributed by atoms with Crippen molar-refractivity contribution in [3.8, 4) is 17.2 Å². The van der Waals surface area contributed by atoms with Crippen molar-refractivity contribution in [2.45, 2.75) is 13.3 Å². The Bertz CT molecular complexity index is 711. The van der Waals surface area contributed by atoms with Crippen LogP contribution in [0.25, 0.3) is 11.1 Å². The molecule has 0 radical (unpaired) electrons. The van der Waals surface area contributed by atoms with E-state index in [4.69, 9.17) is 5.26 Å². The van der Waals surface area contributed by atoms with Gasteiger partial charge in [0.05, 0.1) is 11.6 Å². The largest absolute Gasteiger partial charge is 0.312 e. The zero-order valence-corrected chi connectivity index (χ0v) is 11.3. The topological polar surface area (TPSA) is 44.1 Å². The lowest BCUT2D eigenvalue weighted by molar-refractivity contribution is -0.116. The molecule has 0 fully saturated rings. The van der Waals surface area contributed by atoms with Crippen molar-refractivity contribution in [2.75, 3.05) is 11.4 Å². The Morgan fingerprint density at radius 1 is 1.15 bits per heavy atom. The van der Waals surface area contributed by atoms with E-state index in [9.17, 15) is 4.79 Å². The number of amides is 1. The predicted octanol–water partition coefficient (Wildman–Crippen LogP) is 3.13. The third-order valence-electron chi connectivity index (χ3n) is 3.70. The van der Waals surface area contributed by atoms with Crippen LogP contribution in [0.15, 0.2) is 42.5 Å². The van der Waals surface area contributed by atoms with Gasteiger partial charge < -0.3 is 4.90 Å². The summed E-state index contributed by atoms with van der Waals surface area (Å²) in [6.07, 6.45) is 0.902. The van der Waals surface area contributed by atoms with E-state index in [1.54, 1.807) is 6.92 Å². The van der Waals surface area contributed by atoms with Crippen molar-refractivity contribution >= 4 is 11.6 Å². The molecule has 1 aliphatic rings. The number of nitriles is 1. The zero-order chi connectivity index (χ0) is 14.1. The van der Waals surface area contributed by atoms with Crippen molar-refractivity contribution in [3.05, 3.63) is 53.6 Å². The highest BCUT2D eigenvalue weighted by Crippen LogP contribution is 2.32. The molecule has 0 aromatic heterocycles. The molecule has 3 heteroatoms. The van der Waals surface area contributed by atoms with Gasteiger partial charge in [0, 0.05) is 19.2 Å². The molecule has 0 bridgehead atoms. The van der Waals surface area contributed by atoms with Crippen molar-refractivity contribution < 1.29 is 4.79 Å². The second kappa shape index (κ2) is 4.82. The number of anilines is 1. The Morgan fingerprint density at radius 2 is 1.85 bits per heavy atom.